The van der Waals surface area contributed by atoms with Crippen molar-refractivity contribution in [2.75, 3.05) is 19.6 Å². The molecule has 1 fully saturated rings. The molecule has 3 aromatic rings. The number of likely N-dealkylation sites (tertiary alicyclic amines) is 1. The van der Waals surface area contributed by atoms with Crippen molar-refractivity contribution >= 4 is 40.0 Å². The van der Waals surface area contributed by atoms with Gasteiger partial charge in [-0.1, -0.05) is 6.07 Å². The molecule has 3 heterocycles. The van der Waals surface area contributed by atoms with Crippen molar-refractivity contribution in [1.82, 2.24) is 19.0 Å². The number of carbonyl (C=O) groups excluding carboxylic acids is 1. The zero-order valence-corrected chi connectivity index (χ0v) is 15.5. The van der Waals surface area contributed by atoms with E-state index in [0.717, 1.165) is 50.1 Å². The van der Waals surface area contributed by atoms with Gasteiger partial charge in [-0.2, -0.15) is 8.75 Å². The summed E-state index contributed by atoms with van der Waals surface area (Å²) < 4.78 is 8.36. The van der Waals surface area contributed by atoms with E-state index in [-0.39, 0.29) is 5.91 Å². The molecule has 0 aliphatic carbocycles. The Kier molecular flexibility index (Phi) is 5.05. The molecule has 0 atom stereocenters. The number of rotatable bonds is 5. The molecule has 5 nitrogen and oxygen atoms in total. The lowest BCUT2D eigenvalue weighted by Crippen LogP contribution is -2.38. The lowest BCUT2D eigenvalue weighted by atomic mass is 9.96. The summed E-state index contributed by atoms with van der Waals surface area (Å²) in [6, 6.07) is 9.81. The first kappa shape index (κ1) is 16.6. The number of hydrogen-bond donors (Lipinski definition) is 1. The molecule has 1 amide bonds. The van der Waals surface area contributed by atoms with Crippen molar-refractivity contribution < 1.29 is 4.79 Å². The fourth-order valence-electron chi connectivity index (χ4n) is 3.23. The number of amides is 1. The Morgan fingerprint density at radius 1 is 1.20 bits per heavy atom. The van der Waals surface area contributed by atoms with E-state index in [0.29, 0.717) is 11.5 Å². The van der Waals surface area contributed by atoms with E-state index in [1.807, 2.05) is 29.5 Å². The number of carbonyl (C=O) groups is 1. The highest BCUT2D eigenvalue weighted by atomic mass is 32.1. The zero-order valence-electron chi connectivity index (χ0n) is 13.9. The van der Waals surface area contributed by atoms with E-state index in [1.165, 1.54) is 16.6 Å². The molecule has 1 N–H and O–H groups in total. The quantitative estimate of drug-likeness (QED) is 0.746. The van der Waals surface area contributed by atoms with Crippen LogP contribution in [0, 0.1) is 5.92 Å². The molecule has 0 spiro atoms. The molecule has 7 heteroatoms. The molecule has 0 radical (unpaired) electrons. The molecule has 1 aliphatic heterocycles. The smallest absolute Gasteiger partial charge is 0.251 e. The fraction of sp³-hybridized carbons (Fsp3) is 0.389. The molecule has 1 saturated heterocycles. The van der Waals surface area contributed by atoms with Crippen molar-refractivity contribution in [3.63, 3.8) is 0 Å². The number of fused-ring (bicyclic) bond motifs is 1. The van der Waals surface area contributed by atoms with Gasteiger partial charge >= 0.3 is 0 Å². The molecule has 130 valence electrons. The van der Waals surface area contributed by atoms with Crippen molar-refractivity contribution in [2.24, 2.45) is 5.92 Å². The van der Waals surface area contributed by atoms with E-state index in [1.54, 1.807) is 0 Å². The Bertz CT molecular complexity index is 838. The van der Waals surface area contributed by atoms with Crippen LogP contribution in [0.25, 0.3) is 11.0 Å². The predicted octanol–water partition coefficient (Wildman–Crippen LogP) is 3.39. The van der Waals surface area contributed by atoms with Gasteiger partial charge in [0.15, 0.2) is 0 Å². The van der Waals surface area contributed by atoms with Crippen LogP contribution in [0.2, 0.25) is 0 Å². The van der Waals surface area contributed by atoms with Gasteiger partial charge in [-0.25, -0.2) is 0 Å². The zero-order chi connectivity index (χ0) is 17.1. The highest BCUT2D eigenvalue weighted by Crippen LogP contribution is 2.20. The number of benzene rings is 1. The van der Waals surface area contributed by atoms with Crippen molar-refractivity contribution in [3.8, 4) is 0 Å². The van der Waals surface area contributed by atoms with Crippen LogP contribution in [0.3, 0.4) is 0 Å². The van der Waals surface area contributed by atoms with Gasteiger partial charge in [0.05, 0.1) is 11.7 Å². The number of nitrogens with zero attached hydrogens (tertiary/aromatic N) is 3. The maximum absolute atomic E-state index is 12.4. The first-order valence-electron chi connectivity index (χ1n) is 8.53. The van der Waals surface area contributed by atoms with Crippen molar-refractivity contribution in [1.29, 1.82) is 0 Å². The molecule has 25 heavy (non-hydrogen) atoms. The van der Waals surface area contributed by atoms with E-state index in [4.69, 9.17) is 0 Å². The second-order valence-corrected chi connectivity index (χ2v) is 8.04. The van der Waals surface area contributed by atoms with Crippen LogP contribution in [0.15, 0.2) is 35.7 Å². The van der Waals surface area contributed by atoms with E-state index < -0.39 is 0 Å². The summed E-state index contributed by atoms with van der Waals surface area (Å²) in [7, 11) is 0. The largest absolute Gasteiger partial charge is 0.352 e. The van der Waals surface area contributed by atoms with Crippen LogP contribution in [-0.2, 0) is 6.54 Å². The van der Waals surface area contributed by atoms with Crippen LogP contribution in [0.1, 0.15) is 28.1 Å². The van der Waals surface area contributed by atoms with Crippen LogP contribution >= 0.6 is 23.1 Å². The number of nitrogens with one attached hydrogen (secondary N) is 1. The van der Waals surface area contributed by atoms with Gasteiger partial charge in [0.1, 0.15) is 11.0 Å². The Morgan fingerprint density at radius 2 is 2.04 bits per heavy atom. The topological polar surface area (TPSA) is 58.1 Å². The highest BCUT2D eigenvalue weighted by molar-refractivity contribution is 7.09. The van der Waals surface area contributed by atoms with Gasteiger partial charge in [-0.05, 0) is 61.5 Å². The lowest BCUT2D eigenvalue weighted by molar-refractivity contribution is 0.0935. The second kappa shape index (κ2) is 7.59. The monoisotopic (exact) mass is 372 g/mol. The molecule has 1 aliphatic rings. The van der Waals surface area contributed by atoms with Crippen molar-refractivity contribution in [3.05, 3.63) is 46.2 Å². The number of aromatic nitrogens is 2. The Hall–Kier alpha value is -1.83. The molecule has 4 rings (SSSR count). The lowest BCUT2D eigenvalue weighted by Gasteiger charge is -2.31. The van der Waals surface area contributed by atoms with Crippen molar-refractivity contribution in [2.45, 2.75) is 19.4 Å². The molecule has 0 unspecified atom stereocenters. The van der Waals surface area contributed by atoms with Gasteiger partial charge in [-0.3, -0.25) is 9.69 Å². The summed E-state index contributed by atoms with van der Waals surface area (Å²) in [5, 5.41) is 5.22. The van der Waals surface area contributed by atoms with E-state index in [9.17, 15) is 4.79 Å². The fourth-order valence-corrected chi connectivity index (χ4v) is 4.50. The number of piperidine rings is 1. The number of hydrogen-bond acceptors (Lipinski definition) is 6. The first-order valence-corrected chi connectivity index (χ1v) is 10.1. The molecular formula is C18H20N4OS2. The summed E-state index contributed by atoms with van der Waals surface area (Å²) in [6.07, 6.45) is 2.28. The average molecular weight is 373 g/mol. The number of thiophene rings is 1. The third-order valence-electron chi connectivity index (χ3n) is 4.73. The summed E-state index contributed by atoms with van der Waals surface area (Å²) in [5.74, 6) is 0.545. The van der Waals surface area contributed by atoms with Gasteiger partial charge in [0.25, 0.3) is 5.91 Å². The SMILES string of the molecule is O=C(NCC1CCN(Cc2cccs2)CC1)c1ccc2nsnc2c1. The minimum atomic E-state index is -0.0177. The average Bonchev–Trinajstić information content (AvgIpc) is 3.31. The molecular weight excluding hydrogens is 352 g/mol. The molecule has 1 aromatic carbocycles. The molecule has 0 saturated carbocycles. The minimum absolute atomic E-state index is 0.0177. The molecule has 2 aromatic heterocycles. The van der Waals surface area contributed by atoms with Gasteiger partial charge in [0, 0.05) is 23.5 Å². The summed E-state index contributed by atoms with van der Waals surface area (Å²) in [6.45, 7) is 4.02. The standard InChI is InChI=1S/C18H20N4OS2/c23-18(14-3-4-16-17(10-14)21-25-20-16)19-11-13-5-7-22(8-6-13)12-15-2-1-9-24-15/h1-4,9-10,13H,5-8,11-12H2,(H,19,23). The van der Waals surface area contributed by atoms with Gasteiger partial charge in [-0.15, -0.1) is 11.3 Å². The predicted molar refractivity (Wildman–Crippen MR) is 102 cm³/mol. The van der Waals surface area contributed by atoms with Crippen LogP contribution in [0.5, 0.6) is 0 Å². The van der Waals surface area contributed by atoms with Crippen LogP contribution in [0.4, 0.5) is 0 Å². The highest BCUT2D eigenvalue weighted by Gasteiger charge is 2.20. The third kappa shape index (κ3) is 4.05. The van der Waals surface area contributed by atoms with Crippen LogP contribution < -0.4 is 5.32 Å². The Morgan fingerprint density at radius 3 is 2.84 bits per heavy atom. The summed E-state index contributed by atoms with van der Waals surface area (Å²) in [4.78, 5) is 16.3. The minimum Gasteiger partial charge on any atom is -0.352 e. The maximum atomic E-state index is 12.4. The second-order valence-electron chi connectivity index (χ2n) is 6.48. The summed E-state index contributed by atoms with van der Waals surface area (Å²) in [5.41, 5.74) is 2.30. The summed E-state index contributed by atoms with van der Waals surface area (Å²) >= 11 is 3.00. The van der Waals surface area contributed by atoms with Crippen LogP contribution in [-0.4, -0.2) is 39.2 Å². The third-order valence-corrected chi connectivity index (χ3v) is 6.15. The van der Waals surface area contributed by atoms with E-state index >= 15 is 0 Å². The van der Waals surface area contributed by atoms with E-state index in [2.05, 4.69) is 36.5 Å². The van der Waals surface area contributed by atoms with Gasteiger partial charge < -0.3 is 5.32 Å². The molecule has 0 bridgehead atoms. The normalized spacial score (nSPS) is 16.3. The van der Waals surface area contributed by atoms with Gasteiger partial charge in [0.2, 0.25) is 0 Å². The Labute approximate surface area is 155 Å². The Balaban J connectivity index is 1.25. The first-order chi connectivity index (χ1) is 12.3. The maximum Gasteiger partial charge on any atom is 0.251 e.